The van der Waals surface area contributed by atoms with E-state index in [-0.39, 0.29) is 6.09 Å². The average molecular weight is 325 g/mol. The molecule has 0 aromatic carbocycles. The van der Waals surface area contributed by atoms with Crippen molar-refractivity contribution in [2.75, 3.05) is 45.9 Å². The normalized spacial score (nSPS) is 24.0. The van der Waals surface area contributed by atoms with E-state index in [0.29, 0.717) is 37.6 Å². The van der Waals surface area contributed by atoms with Gasteiger partial charge in [0.1, 0.15) is 0 Å². The molecule has 0 aliphatic carbocycles. The average Bonchev–Trinajstić information content (AvgIpc) is 3.02. The second kappa shape index (κ2) is 8.96. The number of hydrogen-bond acceptors (Lipinski definition) is 4. The van der Waals surface area contributed by atoms with Crippen LogP contribution in [0, 0.1) is 5.92 Å². The Kier molecular flexibility index (Phi) is 6.95. The zero-order valence-corrected chi connectivity index (χ0v) is 14.5. The Labute approximate surface area is 139 Å². The van der Waals surface area contributed by atoms with E-state index in [1.807, 2.05) is 6.92 Å². The quantitative estimate of drug-likeness (QED) is 0.578. The highest BCUT2D eigenvalue weighted by atomic mass is 16.6. The number of hydrogen-bond donors (Lipinski definition) is 2. The first kappa shape index (κ1) is 17.8. The monoisotopic (exact) mass is 325 g/mol. The molecule has 2 aliphatic rings. The maximum atomic E-state index is 11.7. The number of guanidine groups is 1. The molecule has 0 aromatic heterocycles. The van der Waals surface area contributed by atoms with Crippen molar-refractivity contribution in [1.82, 2.24) is 15.1 Å². The molecule has 2 saturated heterocycles. The molecular weight excluding hydrogens is 294 g/mol. The van der Waals surface area contributed by atoms with Gasteiger partial charge in [-0.25, -0.2) is 4.79 Å². The number of nitrogens with one attached hydrogen (secondary N) is 1. The molecule has 1 unspecified atom stereocenters. The van der Waals surface area contributed by atoms with Crippen molar-refractivity contribution < 1.29 is 9.53 Å². The van der Waals surface area contributed by atoms with Crippen LogP contribution in [0.25, 0.3) is 0 Å². The lowest BCUT2D eigenvalue weighted by molar-refractivity contribution is 0.0963. The lowest BCUT2D eigenvalue weighted by Gasteiger charge is -2.31. The Morgan fingerprint density at radius 1 is 1.26 bits per heavy atom. The van der Waals surface area contributed by atoms with Crippen LogP contribution < -0.4 is 11.1 Å². The first-order valence-electron chi connectivity index (χ1n) is 8.82. The molecule has 7 heteroatoms. The second-order valence-electron chi connectivity index (χ2n) is 6.38. The molecule has 2 aliphatic heterocycles. The number of likely N-dealkylation sites (tertiary alicyclic amines) is 2. The zero-order chi connectivity index (χ0) is 16.7. The molecule has 1 amide bonds. The predicted octanol–water partition coefficient (Wildman–Crippen LogP) is 0.853. The largest absolute Gasteiger partial charge is 0.450 e. The summed E-state index contributed by atoms with van der Waals surface area (Å²) in [6.07, 6.45) is 2.75. The molecule has 23 heavy (non-hydrogen) atoms. The number of rotatable bonds is 5. The molecule has 0 bridgehead atoms. The summed E-state index contributed by atoms with van der Waals surface area (Å²) in [5, 5.41) is 3.29. The Hall–Kier alpha value is -1.50. The molecule has 132 valence electrons. The lowest BCUT2D eigenvalue weighted by atomic mass is 10.1. The summed E-state index contributed by atoms with van der Waals surface area (Å²) in [6.45, 7) is 10.1. The summed E-state index contributed by atoms with van der Waals surface area (Å²) in [6, 6.07) is 0.292. The van der Waals surface area contributed by atoms with E-state index in [1.54, 1.807) is 4.90 Å². The van der Waals surface area contributed by atoms with Gasteiger partial charge < -0.3 is 25.6 Å². The highest BCUT2D eigenvalue weighted by molar-refractivity contribution is 5.78. The van der Waals surface area contributed by atoms with Crippen LogP contribution in [0.15, 0.2) is 4.99 Å². The van der Waals surface area contributed by atoms with Crippen molar-refractivity contribution in [3.63, 3.8) is 0 Å². The van der Waals surface area contributed by atoms with Gasteiger partial charge in [-0.05, 0) is 45.2 Å². The summed E-state index contributed by atoms with van der Waals surface area (Å²) >= 11 is 0. The summed E-state index contributed by atoms with van der Waals surface area (Å²) in [4.78, 5) is 20.4. The van der Waals surface area contributed by atoms with Crippen molar-refractivity contribution in [2.24, 2.45) is 16.6 Å². The number of piperidine rings is 1. The molecule has 0 radical (unpaired) electrons. The predicted molar refractivity (Wildman–Crippen MR) is 91.5 cm³/mol. The van der Waals surface area contributed by atoms with E-state index in [9.17, 15) is 4.79 Å². The molecular formula is C16H31N5O2. The maximum absolute atomic E-state index is 11.7. The van der Waals surface area contributed by atoms with Crippen LogP contribution in [-0.2, 0) is 4.74 Å². The maximum Gasteiger partial charge on any atom is 0.409 e. The SMILES string of the molecule is CCOC(=O)N1CCC(NC(N)=NCC2CCN(CC)C2)CC1. The van der Waals surface area contributed by atoms with Crippen molar-refractivity contribution in [1.29, 1.82) is 0 Å². The van der Waals surface area contributed by atoms with E-state index >= 15 is 0 Å². The van der Waals surface area contributed by atoms with Gasteiger partial charge in [0.05, 0.1) is 6.61 Å². The Balaban J connectivity index is 1.67. The molecule has 7 nitrogen and oxygen atoms in total. The fraction of sp³-hybridized carbons (Fsp3) is 0.875. The van der Waals surface area contributed by atoms with Gasteiger partial charge in [-0.1, -0.05) is 6.92 Å². The highest BCUT2D eigenvalue weighted by Crippen LogP contribution is 2.16. The van der Waals surface area contributed by atoms with E-state index in [1.165, 1.54) is 13.0 Å². The second-order valence-corrected chi connectivity index (χ2v) is 6.38. The number of nitrogens with zero attached hydrogens (tertiary/aromatic N) is 3. The number of ether oxygens (including phenoxy) is 1. The minimum atomic E-state index is -0.214. The first-order chi connectivity index (χ1) is 11.1. The fourth-order valence-electron chi connectivity index (χ4n) is 3.25. The van der Waals surface area contributed by atoms with Gasteiger partial charge in [-0.15, -0.1) is 0 Å². The molecule has 2 heterocycles. The fourth-order valence-corrected chi connectivity index (χ4v) is 3.25. The molecule has 3 N–H and O–H groups in total. The zero-order valence-electron chi connectivity index (χ0n) is 14.5. The Bertz CT molecular complexity index is 407. The molecule has 0 aromatic rings. The van der Waals surface area contributed by atoms with Crippen LogP contribution in [0.4, 0.5) is 4.79 Å². The van der Waals surface area contributed by atoms with Gasteiger partial charge in [-0.2, -0.15) is 0 Å². The van der Waals surface area contributed by atoms with E-state index in [0.717, 1.165) is 32.5 Å². The van der Waals surface area contributed by atoms with Crippen LogP contribution in [0.5, 0.6) is 0 Å². The summed E-state index contributed by atoms with van der Waals surface area (Å²) < 4.78 is 5.03. The van der Waals surface area contributed by atoms with E-state index < -0.39 is 0 Å². The minimum absolute atomic E-state index is 0.214. The highest BCUT2D eigenvalue weighted by Gasteiger charge is 2.24. The third-order valence-electron chi connectivity index (χ3n) is 4.71. The molecule has 2 fully saturated rings. The van der Waals surface area contributed by atoms with Crippen LogP contribution in [0.1, 0.15) is 33.1 Å². The van der Waals surface area contributed by atoms with Gasteiger partial charge in [0.15, 0.2) is 5.96 Å². The van der Waals surface area contributed by atoms with Gasteiger partial charge in [0, 0.05) is 32.2 Å². The van der Waals surface area contributed by atoms with E-state index in [4.69, 9.17) is 10.5 Å². The van der Waals surface area contributed by atoms with Gasteiger partial charge in [0.25, 0.3) is 0 Å². The Morgan fingerprint density at radius 3 is 2.61 bits per heavy atom. The van der Waals surface area contributed by atoms with Crippen LogP contribution >= 0.6 is 0 Å². The van der Waals surface area contributed by atoms with Gasteiger partial charge >= 0.3 is 6.09 Å². The lowest BCUT2D eigenvalue weighted by Crippen LogP contribution is -2.48. The van der Waals surface area contributed by atoms with Gasteiger partial charge in [-0.3, -0.25) is 4.99 Å². The first-order valence-corrected chi connectivity index (χ1v) is 8.82. The van der Waals surface area contributed by atoms with Crippen LogP contribution in [0.2, 0.25) is 0 Å². The molecule has 2 rings (SSSR count). The number of amides is 1. The third kappa shape index (κ3) is 5.57. The number of nitrogens with two attached hydrogens (primary N) is 1. The third-order valence-corrected chi connectivity index (χ3v) is 4.71. The number of aliphatic imine (C=N–C) groups is 1. The minimum Gasteiger partial charge on any atom is -0.450 e. The summed E-state index contributed by atoms with van der Waals surface area (Å²) in [7, 11) is 0. The molecule has 0 spiro atoms. The molecule has 0 saturated carbocycles. The van der Waals surface area contributed by atoms with Gasteiger partial charge in [0.2, 0.25) is 0 Å². The Morgan fingerprint density at radius 2 is 2.00 bits per heavy atom. The van der Waals surface area contributed by atoms with Crippen LogP contribution in [-0.4, -0.2) is 73.8 Å². The summed E-state index contributed by atoms with van der Waals surface area (Å²) in [5.74, 6) is 1.16. The van der Waals surface area contributed by atoms with Crippen molar-refractivity contribution in [3.05, 3.63) is 0 Å². The van der Waals surface area contributed by atoms with Crippen LogP contribution in [0.3, 0.4) is 0 Å². The topological polar surface area (TPSA) is 83.2 Å². The van der Waals surface area contributed by atoms with E-state index in [2.05, 4.69) is 22.1 Å². The molecule has 1 atom stereocenters. The van der Waals surface area contributed by atoms with Crippen molar-refractivity contribution in [3.8, 4) is 0 Å². The number of carbonyl (C=O) groups is 1. The van der Waals surface area contributed by atoms with Crippen molar-refractivity contribution in [2.45, 2.75) is 39.2 Å². The number of carbonyl (C=O) groups excluding carboxylic acids is 1. The smallest absolute Gasteiger partial charge is 0.409 e. The summed E-state index contributed by atoms with van der Waals surface area (Å²) in [5.41, 5.74) is 6.01. The van der Waals surface area contributed by atoms with Crippen molar-refractivity contribution >= 4 is 12.1 Å². The standard InChI is InChI=1S/C16H31N5O2/c1-3-20-8-5-13(12-20)11-18-15(17)19-14-6-9-21(10-7-14)16(22)23-4-2/h13-14H,3-12H2,1-2H3,(H3,17,18,19).